The molecule has 0 aromatic heterocycles. The molecule has 4 fully saturated rings. The second kappa shape index (κ2) is 4.77. The Balaban J connectivity index is 1.57. The van der Waals surface area contributed by atoms with E-state index in [9.17, 15) is 0 Å². The molecule has 0 saturated carbocycles. The summed E-state index contributed by atoms with van der Waals surface area (Å²) in [5.41, 5.74) is 1.04. The highest BCUT2D eigenvalue weighted by Crippen LogP contribution is 2.45. The zero-order chi connectivity index (χ0) is 13.7. The third kappa shape index (κ3) is 2.03. The standard InChI is InChI=1S/C15H18Cl2N2O/c16-13-2-1-12(9-14(13)17)19-8-5-15(20-19)10-18-6-3-11(15)4-7-18/h1-2,9,11H,3-8,10H2. The largest absolute Gasteiger partial charge is 0.300 e. The van der Waals surface area contributed by atoms with Crippen molar-refractivity contribution in [2.75, 3.05) is 31.2 Å². The van der Waals surface area contributed by atoms with Gasteiger partial charge in [-0.1, -0.05) is 23.2 Å². The highest BCUT2D eigenvalue weighted by Gasteiger charge is 2.52. The Morgan fingerprint density at radius 1 is 1.10 bits per heavy atom. The van der Waals surface area contributed by atoms with Gasteiger partial charge >= 0.3 is 0 Å². The quantitative estimate of drug-likeness (QED) is 0.788. The Morgan fingerprint density at radius 2 is 1.90 bits per heavy atom. The van der Waals surface area contributed by atoms with Gasteiger partial charge < -0.3 is 4.90 Å². The maximum atomic E-state index is 6.39. The monoisotopic (exact) mass is 312 g/mol. The first kappa shape index (κ1) is 13.2. The first-order valence-corrected chi connectivity index (χ1v) is 8.06. The predicted octanol–water partition coefficient (Wildman–Crippen LogP) is 3.60. The Labute approximate surface area is 129 Å². The van der Waals surface area contributed by atoms with Gasteiger partial charge in [-0.05, 0) is 50.0 Å². The lowest BCUT2D eigenvalue weighted by Gasteiger charge is -2.50. The van der Waals surface area contributed by atoms with Gasteiger partial charge in [0, 0.05) is 19.5 Å². The van der Waals surface area contributed by atoms with Crippen molar-refractivity contribution in [1.82, 2.24) is 4.90 Å². The molecule has 2 bridgehead atoms. The fourth-order valence-corrected chi connectivity index (χ4v) is 4.23. The van der Waals surface area contributed by atoms with E-state index >= 15 is 0 Å². The van der Waals surface area contributed by atoms with Crippen LogP contribution in [0.2, 0.25) is 10.0 Å². The minimum absolute atomic E-state index is 0.0304. The van der Waals surface area contributed by atoms with E-state index in [2.05, 4.69) is 4.90 Å². The number of benzene rings is 1. The van der Waals surface area contributed by atoms with E-state index in [1.54, 1.807) is 0 Å². The summed E-state index contributed by atoms with van der Waals surface area (Å²) < 4.78 is 0. The van der Waals surface area contributed by atoms with Gasteiger partial charge in [-0.2, -0.15) is 0 Å². The van der Waals surface area contributed by atoms with Gasteiger partial charge in [0.05, 0.1) is 15.7 Å². The molecule has 3 nitrogen and oxygen atoms in total. The third-order valence-electron chi connectivity index (χ3n) is 5.04. The van der Waals surface area contributed by atoms with Crippen LogP contribution in [-0.4, -0.2) is 36.7 Å². The second-order valence-corrected chi connectivity index (χ2v) is 6.97. The maximum absolute atomic E-state index is 6.39. The number of piperidine rings is 3. The van der Waals surface area contributed by atoms with Crippen LogP contribution in [0.15, 0.2) is 18.2 Å². The van der Waals surface area contributed by atoms with E-state index in [-0.39, 0.29) is 5.60 Å². The summed E-state index contributed by atoms with van der Waals surface area (Å²) in [6.07, 6.45) is 3.65. The Kier molecular flexibility index (Phi) is 3.15. The molecule has 0 N–H and O–H groups in total. The van der Waals surface area contributed by atoms with E-state index in [0.717, 1.165) is 25.2 Å². The molecule has 0 amide bonds. The first-order chi connectivity index (χ1) is 9.66. The molecule has 4 aliphatic heterocycles. The van der Waals surface area contributed by atoms with Crippen molar-refractivity contribution in [3.05, 3.63) is 28.2 Å². The maximum Gasteiger partial charge on any atom is 0.113 e. The SMILES string of the molecule is Clc1ccc(N2CCC3(CN4CCC3CC4)O2)cc1Cl. The predicted molar refractivity (Wildman–Crippen MR) is 81.4 cm³/mol. The van der Waals surface area contributed by atoms with E-state index in [4.69, 9.17) is 28.0 Å². The smallest absolute Gasteiger partial charge is 0.113 e. The van der Waals surface area contributed by atoms with Crippen molar-refractivity contribution in [2.24, 2.45) is 5.92 Å². The zero-order valence-electron chi connectivity index (χ0n) is 11.3. The van der Waals surface area contributed by atoms with Gasteiger partial charge in [0.25, 0.3) is 0 Å². The van der Waals surface area contributed by atoms with Crippen LogP contribution in [0.25, 0.3) is 0 Å². The molecule has 1 aromatic rings. The van der Waals surface area contributed by atoms with Crippen molar-refractivity contribution < 1.29 is 4.84 Å². The van der Waals surface area contributed by atoms with Crippen molar-refractivity contribution in [3.8, 4) is 0 Å². The Hall–Kier alpha value is -0.480. The first-order valence-electron chi connectivity index (χ1n) is 7.30. The average molecular weight is 313 g/mol. The fourth-order valence-electron chi connectivity index (χ4n) is 3.93. The highest BCUT2D eigenvalue weighted by atomic mass is 35.5. The van der Waals surface area contributed by atoms with Crippen molar-refractivity contribution in [2.45, 2.75) is 24.9 Å². The van der Waals surface area contributed by atoms with Crippen molar-refractivity contribution in [3.63, 3.8) is 0 Å². The lowest BCUT2D eigenvalue weighted by atomic mass is 9.74. The molecule has 1 atom stereocenters. The molecule has 0 aliphatic carbocycles. The lowest BCUT2D eigenvalue weighted by molar-refractivity contribution is -0.130. The molecule has 108 valence electrons. The molecule has 1 unspecified atom stereocenters. The minimum atomic E-state index is 0.0304. The van der Waals surface area contributed by atoms with Crippen LogP contribution in [0.5, 0.6) is 0 Å². The topological polar surface area (TPSA) is 15.7 Å². The molecule has 4 saturated heterocycles. The summed E-state index contributed by atoms with van der Waals surface area (Å²) in [6, 6.07) is 5.71. The van der Waals surface area contributed by atoms with E-state index in [0.29, 0.717) is 16.0 Å². The molecular formula is C15H18Cl2N2O. The van der Waals surface area contributed by atoms with Gasteiger partial charge in [-0.25, -0.2) is 0 Å². The number of fused-ring (bicyclic) bond motifs is 2. The molecule has 0 radical (unpaired) electrons. The van der Waals surface area contributed by atoms with Gasteiger partial charge in [-0.3, -0.25) is 9.90 Å². The van der Waals surface area contributed by atoms with Crippen LogP contribution >= 0.6 is 23.2 Å². The van der Waals surface area contributed by atoms with Gasteiger partial charge in [0.1, 0.15) is 5.60 Å². The number of halogens is 2. The number of nitrogens with zero attached hydrogens (tertiary/aromatic N) is 2. The Bertz CT molecular complexity index is 531. The Morgan fingerprint density at radius 3 is 2.55 bits per heavy atom. The molecule has 4 heterocycles. The zero-order valence-corrected chi connectivity index (χ0v) is 12.8. The number of hydrogen-bond donors (Lipinski definition) is 0. The summed E-state index contributed by atoms with van der Waals surface area (Å²) in [6.45, 7) is 4.49. The molecule has 5 rings (SSSR count). The number of hydrogen-bond acceptors (Lipinski definition) is 3. The normalized spacial score (nSPS) is 36.0. The third-order valence-corrected chi connectivity index (χ3v) is 5.78. The van der Waals surface area contributed by atoms with Crippen LogP contribution in [-0.2, 0) is 4.84 Å². The highest BCUT2D eigenvalue weighted by molar-refractivity contribution is 6.42. The summed E-state index contributed by atoms with van der Waals surface area (Å²) >= 11 is 12.1. The summed E-state index contributed by atoms with van der Waals surface area (Å²) in [5.74, 6) is 0.709. The lowest BCUT2D eigenvalue weighted by Crippen LogP contribution is -2.59. The van der Waals surface area contributed by atoms with Gasteiger partial charge in [0.2, 0.25) is 0 Å². The molecule has 1 spiro atoms. The van der Waals surface area contributed by atoms with Crippen LogP contribution in [0.3, 0.4) is 0 Å². The number of hydroxylamine groups is 1. The molecule has 5 heteroatoms. The van der Waals surface area contributed by atoms with E-state index < -0.39 is 0 Å². The van der Waals surface area contributed by atoms with E-state index in [1.165, 1.54) is 25.9 Å². The van der Waals surface area contributed by atoms with Crippen LogP contribution in [0.1, 0.15) is 19.3 Å². The van der Waals surface area contributed by atoms with Crippen molar-refractivity contribution in [1.29, 1.82) is 0 Å². The van der Waals surface area contributed by atoms with Crippen LogP contribution < -0.4 is 5.06 Å². The second-order valence-electron chi connectivity index (χ2n) is 6.16. The van der Waals surface area contributed by atoms with Crippen LogP contribution in [0, 0.1) is 5.92 Å². The molecule has 4 aliphatic rings. The van der Waals surface area contributed by atoms with E-state index in [1.807, 2.05) is 23.3 Å². The van der Waals surface area contributed by atoms with Crippen molar-refractivity contribution >= 4 is 28.9 Å². The molecule has 1 aromatic carbocycles. The fraction of sp³-hybridized carbons (Fsp3) is 0.600. The molecular weight excluding hydrogens is 295 g/mol. The average Bonchev–Trinajstić information content (AvgIpc) is 2.87. The number of rotatable bonds is 1. The van der Waals surface area contributed by atoms with Crippen LogP contribution in [0.4, 0.5) is 5.69 Å². The molecule has 20 heavy (non-hydrogen) atoms. The summed E-state index contributed by atoms with van der Waals surface area (Å²) in [5, 5.41) is 3.18. The van der Waals surface area contributed by atoms with Gasteiger partial charge in [0.15, 0.2) is 0 Å². The summed E-state index contributed by atoms with van der Waals surface area (Å²) in [7, 11) is 0. The summed E-state index contributed by atoms with van der Waals surface area (Å²) in [4.78, 5) is 8.93. The minimum Gasteiger partial charge on any atom is -0.300 e. The van der Waals surface area contributed by atoms with Gasteiger partial charge in [-0.15, -0.1) is 0 Å². The number of anilines is 1.